The van der Waals surface area contributed by atoms with E-state index in [2.05, 4.69) is 15.5 Å². The lowest BCUT2D eigenvalue weighted by molar-refractivity contribution is 0.102. The summed E-state index contributed by atoms with van der Waals surface area (Å²) >= 11 is 6.11. The lowest BCUT2D eigenvalue weighted by atomic mass is 10.2. The smallest absolute Gasteiger partial charge is 0.322 e. The van der Waals surface area contributed by atoms with Crippen LogP contribution in [-0.2, 0) is 16.6 Å². The largest absolute Gasteiger partial charge is 0.468 e. The number of furan rings is 1. The number of anilines is 1. The summed E-state index contributed by atoms with van der Waals surface area (Å²) in [6.07, 6.45) is 1.48. The van der Waals surface area contributed by atoms with Gasteiger partial charge in [-0.05, 0) is 48.5 Å². The molecule has 2 aromatic heterocycles. The fourth-order valence-corrected chi connectivity index (χ4v) is 4.21. The van der Waals surface area contributed by atoms with Crippen LogP contribution in [0.5, 0.6) is 0 Å². The highest BCUT2D eigenvalue weighted by atomic mass is 35.5. The zero-order valence-corrected chi connectivity index (χ0v) is 18.3. The van der Waals surface area contributed by atoms with Gasteiger partial charge in [-0.1, -0.05) is 28.8 Å². The standard InChI is InChI=1S/C21H17ClN4O5S/c1-26(13-15-5-4-12-30-15)32(28,29)16-10-8-14(9-11-16)19(27)23-21-25-24-20(31-21)17-6-2-3-7-18(17)22/h2-12H,13H2,1H3,(H,23,25,27). The molecular weight excluding hydrogens is 456 g/mol. The number of carbonyl (C=O) groups excluding carboxylic acids is 1. The van der Waals surface area contributed by atoms with Gasteiger partial charge in [-0.3, -0.25) is 10.1 Å². The molecule has 9 nitrogen and oxygen atoms in total. The minimum atomic E-state index is -3.76. The van der Waals surface area contributed by atoms with E-state index in [1.807, 2.05) is 0 Å². The number of sulfonamides is 1. The highest BCUT2D eigenvalue weighted by molar-refractivity contribution is 7.89. The third-order valence-corrected chi connectivity index (χ3v) is 6.68. The van der Waals surface area contributed by atoms with E-state index >= 15 is 0 Å². The first-order valence-electron chi connectivity index (χ1n) is 9.33. The minimum Gasteiger partial charge on any atom is -0.468 e. The molecule has 4 aromatic rings. The van der Waals surface area contributed by atoms with Crippen LogP contribution in [0.3, 0.4) is 0 Å². The fourth-order valence-electron chi connectivity index (χ4n) is 2.85. The fraction of sp³-hybridized carbons (Fsp3) is 0.0952. The van der Waals surface area contributed by atoms with E-state index in [9.17, 15) is 13.2 Å². The number of nitrogens with one attached hydrogen (secondary N) is 1. The highest BCUT2D eigenvalue weighted by Gasteiger charge is 2.22. The number of nitrogens with zero attached hydrogens (tertiary/aromatic N) is 3. The van der Waals surface area contributed by atoms with Crippen molar-refractivity contribution in [1.29, 1.82) is 0 Å². The number of carbonyl (C=O) groups is 1. The molecule has 0 spiro atoms. The van der Waals surface area contributed by atoms with Crippen LogP contribution in [-0.4, -0.2) is 35.9 Å². The summed E-state index contributed by atoms with van der Waals surface area (Å²) in [5.74, 6) is 0.141. The van der Waals surface area contributed by atoms with Gasteiger partial charge in [-0.15, -0.1) is 5.10 Å². The number of aromatic nitrogens is 2. The minimum absolute atomic E-state index is 0.0434. The van der Waals surface area contributed by atoms with Gasteiger partial charge in [0.1, 0.15) is 5.76 Å². The molecule has 11 heteroatoms. The van der Waals surface area contributed by atoms with E-state index in [4.69, 9.17) is 20.4 Å². The first-order valence-corrected chi connectivity index (χ1v) is 11.1. The Morgan fingerprint density at radius 3 is 2.50 bits per heavy atom. The number of hydrogen-bond acceptors (Lipinski definition) is 7. The highest BCUT2D eigenvalue weighted by Crippen LogP contribution is 2.27. The first-order chi connectivity index (χ1) is 15.3. The Bertz CT molecular complexity index is 1330. The van der Waals surface area contributed by atoms with Gasteiger partial charge < -0.3 is 8.83 Å². The predicted octanol–water partition coefficient (Wildman–Crippen LogP) is 4.06. The molecule has 0 unspecified atom stereocenters. The summed E-state index contributed by atoms with van der Waals surface area (Å²) < 4.78 is 37.3. The van der Waals surface area contributed by atoms with Crippen molar-refractivity contribution in [2.75, 3.05) is 12.4 Å². The molecule has 1 amide bonds. The maximum Gasteiger partial charge on any atom is 0.322 e. The number of benzene rings is 2. The molecular formula is C21H17ClN4O5S. The van der Waals surface area contributed by atoms with Crippen LogP contribution in [0.15, 0.2) is 80.7 Å². The molecule has 0 aliphatic rings. The molecule has 0 aliphatic heterocycles. The van der Waals surface area contributed by atoms with E-state index < -0.39 is 15.9 Å². The van der Waals surface area contributed by atoms with Gasteiger partial charge in [0.05, 0.1) is 28.3 Å². The van der Waals surface area contributed by atoms with Gasteiger partial charge in [-0.25, -0.2) is 8.42 Å². The quantitative estimate of drug-likeness (QED) is 0.430. The van der Waals surface area contributed by atoms with Crippen molar-refractivity contribution in [2.24, 2.45) is 0 Å². The SMILES string of the molecule is CN(Cc1ccco1)S(=O)(=O)c1ccc(C(=O)Nc2nnc(-c3ccccc3Cl)o2)cc1. The summed E-state index contributed by atoms with van der Waals surface area (Å²) in [4.78, 5) is 12.5. The summed E-state index contributed by atoms with van der Waals surface area (Å²) in [7, 11) is -2.31. The van der Waals surface area contributed by atoms with Crippen molar-refractivity contribution in [3.8, 4) is 11.5 Å². The zero-order chi connectivity index (χ0) is 22.7. The van der Waals surface area contributed by atoms with Gasteiger partial charge >= 0.3 is 6.01 Å². The predicted molar refractivity (Wildman–Crippen MR) is 116 cm³/mol. The van der Waals surface area contributed by atoms with Crippen molar-refractivity contribution in [2.45, 2.75) is 11.4 Å². The van der Waals surface area contributed by atoms with Crippen LogP contribution in [0, 0.1) is 0 Å². The lowest BCUT2D eigenvalue weighted by Crippen LogP contribution is -2.26. The molecule has 32 heavy (non-hydrogen) atoms. The average molecular weight is 473 g/mol. The van der Waals surface area contributed by atoms with E-state index in [1.54, 1.807) is 36.4 Å². The second kappa shape index (κ2) is 8.95. The van der Waals surface area contributed by atoms with Gasteiger partial charge in [0.15, 0.2) is 0 Å². The normalized spacial score (nSPS) is 11.6. The van der Waals surface area contributed by atoms with Crippen LogP contribution in [0.1, 0.15) is 16.1 Å². The van der Waals surface area contributed by atoms with Crippen molar-refractivity contribution >= 4 is 33.5 Å². The van der Waals surface area contributed by atoms with Crippen LogP contribution in [0.4, 0.5) is 6.01 Å². The first kappa shape index (κ1) is 21.8. The average Bonchev–Trinajstić information content (AvgIpc) is 3.46. The number of hydrogen-bond donors (Lipinski definition) is 1. The van der Waals surface area contributed by atoms with E-state index in [0.29, 0.717) is 16.3 Å². The van der Waals surface area contributed by atoms with Crippen LogP contribution in [0.2, 0.25) is 5.02 Å². The van der Waals surface area contributed by atoms with Crippen LogP contribution in [0.25, 0.3) is 11.5 Å². The van der Waals surface area contributed by atoms with Crippen LogP contribution >= 0.6 is 11.6 Å². The van der Waals surface area contributed by atoms with E-state index in [0.717, 1.165) is 4.31 Å². The molecule has 164 valence electrons. The summed E-state index contributed by atoms with van der Waals surface area (Å²) in [6.45, 7) is 0.0858. The van der Waals surface area contributed by atoms with Crippen LogP contribution < -0.4 is 5.32 Å². The van der Waals surface area contributed by atoms with Gasteiger partial charge in [-0.2, -0.15) is 4.31 Å². The molecule has 0 bridgehead atoms. The number of amides is 1. The van der Waals surface area contributed by atoms with Crippen molar-refractivity contribution in [3.05, 3.63) is 83.3 Å². The van der Waals surface area contributed by atoms with Crippen molar-refractivity contribution in [1.82, 2.24) is 14.5 Å². The Balaban J connectivity index is 1.45. The monoisotopic (exact) mass is 472 g/mol. The molecule has 0 atom stereocenters. The lowest BCUT2D eigenvalue weighted by Gasteiger charge is -2.16. The molecule has 2 aromatic carbocycles. The Morgan fingerprint density at radius 1 is 1.06 bits per heavy atom. The second-order valence-electron chi connectivity index (χ2n) is 6.71. The molecule has 0 saturated carbocycles. The second-order valence-corrected chi connectivity index (χ2v) is 9.16. The Morgan fingerprint density at radius 2 is 1.81 bits per heavy atom. The molecule has 0 radical (unpaired) electrons. The molecule has 1 N–H and O–H groups in total. The third-order valence-electron chi connectivity index (χ3n) is 4.53. The molecule has 2 heterocycles. The maximum atomic E-state index is 12.7. The number of halogens is 1. The van der Waals surface area contributed by atoms with Gasteiger partial charge in [0.2, 0.25) is 10.0 Å². The summed E-state index contributed by atoms with van der Waals surface area (Å²) in [5, 5.41) is 10.6. The summed E-state index contributed by atoms with van der Waals surface area (Å²) in [5.41, 5.74) is 0.755. The summed E-state index contributed by atoms with van der Waals surface area (Å²) in [6, 6.07) is 15.7. The Kier molecular flexibility index (Phi) is 6.08. The zero-order valence-electron chi connectivity index (χ0n) is 16.7. The molecule has 4 rings (SSSR count). The van der Waals surface area contributed by atoms with Gasteiger partial charge in [0, 0.05) is 12.6 Å². The Labute approximate surface area is 188 Å². The van der Waals surface area contributed by atoms with Gasteiger partial charge in [0.25, 0.3) is 11.8 Å². The molecule has 0 fully saturated rings. The van der Waals surface area contributed by atoms with E-state index in [-0.39, 0.29) is 28.9 Å². The van der Waals surface area contributed by atoms with E-state index in [1.165, 1.54) is 37.6 Å². The maximum absolute atomic E-state index is 12.7. The third kappa shape index (κ3) is 4.57. The molecule has 0 aliphatic carbocycles. The molecule has 0 saturated heterocycles. The Hall–Kier alpha value is -3.47. The van der Waals surface area contributed by atoms with Crippen molar-refractivity contribution < 1.29 is 22.0 Å². The number of rotatable bonds is 7. The van der Waals surface area contributed by atoms with Crippen molar-refractivity contribution in [3.63, 3.8) is 0 Å². The topological polar surface area (TPSA) is 119 Å².